The molecule has 2 aromatic heterocycles. The predicted molar refractivity (Wildman–Crippen MR) is 58.0 cm³/mol. The maximum atomic E-state index is 5.18. The quantitative estimate of drug-likeness (QED) is 0.778. The van der Waals surface area contributed by atoms with Gasteiger partial charge < -0.3 is 9.73 Å². The third-order valence-electron chi connectivity index (χ3n) is 1.89. The second-order valence-electron chi connectivity index (χ2n) is 3.01. The summed E-state index contributed by atoms with van der Waals surface area (Å²) in [4.78, 5) is 4.12. The largest absolute Gasteiger partial charge is 0.467 e. The summed E-state index contributed by atoms with van der Waals surface area (Å²) in [7, 11) is 0. The van der Waals surface area contributed by atoms with Crippen LogP contribution in [0.4, 0.5) is 5.82 Å². The van der Waals surface area contributed by atoms with Crippen LogP contribution in [-0.4, -0.2) is 15.2 Å². The molecule has 0 aromatic carbocycles. The highest BCUT2D eigenvalue weighted by Gasteiger charge is 2.01. The first kappa shape index (κ1) is 9.85. The number of aromatic amines is 1. The zero-order valence-corrected chi connectivity index (χ0v) is 8.97. The second kappa shape index (κ2) is 4.22. The first-order valence-electron chi connectivity index (χ1n) is 4.45. The Morgan fingerprint density at radius 1 is 1.60 bits per heavy atom. The molecule has 0 aliphatic carbocycles. The molecule has 0 saturated heterocycles. The van der Waals surface area contributed by atoms with Gasteiger partial charge in [-0.3, -0.25) is 5.10 Å². The minimum absolute atomic E-state index is 0.363. The SMILES string of the molecule is Cc1n[nH]c(=S)nc1NCc1ccco1. The fraction of sp³-hybridized carbons (Fsp3) is 0.222. The van der Waals surface area contributed by atoms with Gasteiger partial charge in [0, 0.05) is 0 Å². The number of hydrogen-bond donors (Lipinski definition) is 2. The molecular formula is C9H10N4OS. The Hall–Kier alpha value is -1.69. The van der Waals surface area contributed by atoms with E-state index < -0.39 is 0 Å². The number of H-pyrrole nitrogens is 1. The van der Waals surface area contributed by atoms with Crippen LogP contribution in [0.25, 0.3) is 0 Å². The molecule has 0 amide bonds. The van der Waals surface area contributed by atoms with E-state index in [-0.39, 0.29) is 0 Å². The average Bonchev–Trinajstić information content (AvgIpc) is 2.72. The van der Waals surface area contributed by atoms with Crippen molar-refractivity contribution in [3.05, 3.63) is 34.6 Å². The van der Waals surface area contributed by atoms with Crippen LogP contribution in [0.2, 0.25) is 0 Å². The summed E-state index contributed by atoms with van der Waals surface area (Å²) in [6, 6.07) is 3.73. The molecular weight excluding hydrogens is 212 g/mol. The summed E-state index contributed by atoms with van der Waals surface area (Å²) in [6.45, 7) is 2.42. The molecule has 0 spiro atoms. The Kier molecular flexibility index (Phi) is 2.77. The fourth-order valence-electron chi connectivity index (χ4n) is 1.14. The van der Waals surface area contributed by atoms with Crippen LogP contribution in [-0.2, 0) is 6.54 Å². The molecule has 0 bridgehead atoms. The van der Waals surface area contributed by atoms with E-state index in [4.69, 9.17) is 16.6 Å². The molecule has 78 valence electrons. The number of rotatable bonds is 3. The highest BCUT2D eigenvalue weighted by atomic mass is 32.1. The minimum atomic E-state index is 0.363. The van der Waals surface area contributed by atoms with E-state index in [2.05, 4.69) is 20.5 Å². The molecule has 0 fully saturated rings. The zero-order valence-electron chi connectivity index (χ0n) is 8.15. The Balaban J connectivity index is 2.11. The number of aryl methyl sites for hydroxylation is 1. The molecule has 2 rings (SSSR count). The summed E-state index contributed by atoms with van der Waals surface area (Å²) >= 11 is 4.88. The Labute approximate surface area is 91.5 Å². The van der Waals surface area contributed by atoms with Gasteiger partial charge in [-0.15, -0.1) is 0 Å². The van der Waals surface area contributed by atoms with Crippen molar-refractivity contribution in [3.63, 3.8) is 0 Å². The van der Waals surface area contributed by atoms with Crippen molar-refractivity contribution in [2.75, 3.05) is 5.32 Å². The third kappa shape index (κ3) is 2.41. The van der Waals surface area contributed by atoms with Crippen molar-refractivity contribution < 1.29 is 4.42 Å². The first-order valence-corrected chi connectivity index (χ1v) is 4.86. The van der Waals surface area contributed by atoms with Gasteiger partial charge in [0.05, 0.1) is 18.5 Å². The molecule has 0 saturated carbocycles. The van der Waals surface area contributed by atoms with Crippen molar-refractivity contribution in [2.24, 2.45) is 0 Å². The lowest BCUT2D eigenvalue weighted by Gasteiger charge is -2.04. The maximum Gasteiger partial charge on any atom is 0.215 e. The van der Waals surface area contributed by atoms with Gasteiger partial charge >= 0.3 is 0 Å². The Morgan fingerprint density at radius 2 is 2.47 bits per heavy atom. The van der Waals surface area contributed by atoms with Crippen molar-refractivity contribution in [1.29, 1.82) is 0 Å². The lowest BCUT2D eigenvalue weighted by molar-refractivity contribution is 0.517. The summed E-state index contributed by atoms with van der Waals surface area (Å²) in [5, 5.41) is 9.72. The molecule has 15 heavy (non-hydrogen) atoms. The molecule has 0 unspecified atom stereocenters. The van der Waals surface area contributed by atoms with Gasteiger partial charge in [-0.2, -0.15) is 10.1 Å². The van der Waals surface area contributed by atoms with Gasteiger partial charge in [0.15, 0.2) is 5.82 Å². The standard InChI is InChI=1S/C9H10N4OS/c1-6-8(11-9(15)13-12-6)10-5-7-3-2-4-14-7/h2-4H,5H2,1H3,(H2,10,11,13,15). The molecule has 6 heteroatoms. The monoisotopic (exact) mass is 222 g/mol. The number of nitrogens with one attached hydrogen (secondary N) is 2. The topological polar surface area (TPSA) is 66.7 Å². The van der Waals surface area contributed by atoms with Gasteiger partial charge in [0.25, 0.3) is 0 Å². The molecule has 0 aliphatic rings. The van der Waals surface area contributed by atoms with Gasteiger partial charge in [0.2, 0.25) is 4.77 Å². The van der Waals surface area contributed by atoms with Gasteiger partial charge in [-0.05, 0) is 31.3 Å². The van der Waals surface area contributed by atoms with E-state index in [0.29, 0.717) is 17.1 Å². The molecule has 5 nitrogen and oxygen atoms in total. The van der Waals surface area contributed by atoms with Crippen LogP contribution in [0.1, 0.15) is 11.5 Å². The molecule has 0 aliphatic heterocycles. The lowest BCUT2D eigenvalue weighted by atomic mass is 10.4. The third-order valence-corrected chi connectivity index (χ3v) is 2.07. The summed E-state index contributed by atoms with van der Waals surface area (Å²) in [5.74, 6) is 1.52. The number of furan rings is 1. The maximum absolute atomic E-state index is 5.18. The number of hydrogen-bond acceptors (Lipinski definition) is 5. The van der Waals surface area contributed by atoms with Crippen LogP contribution in [0.5, 0.6) is 0 Å². The van der Waals surface area contributed by atoms with Crippen molar-refractivity contribution >= 4 is 18.0 Å². The van der Waals surface area contributed by atoms with Crippen molar-refractivity contribution in [3.8, 4) is 0 Å². The lowest BCUT2D eigenvalue weighted by Crippen LogP contribution is -2.05. The molecule has 0 radical (unpaired) electrons. The molecule has 0 atom stereocenters. The van der Waals surface area contributed by atoms with E-state index in [1.807, 2.05) is 19.1 Å². The molecule has 2 heterocycles. The van der Waals surface area contributed by atoms with E-state index in [1.165, 1.54) is 0 Å². The minimum Gasteiger partial charge on any atom is -0.467 e. The van der Waals surface area contributed by atoms with E-state index in [0.717, 1.165) is 11.5 Å². The Bertz CT molecular complexity index is 491. The second-order valence-corrected chi connectivity index (χ2v) is 3.39. The first-order chi connectivity index (χ1) is 7.25. The predicted octanol–water partition coefficient (Wildman–Crippen LogP) is 2.05. The van der Waals surface area contributed by atoms with Crippen LogP contribution in [0.15, 0.2) is 22.8 Å². The van der Waals surface area contributed by atoms with E-state index in [9.17, 15) is 0 Å². The average molecular weight is 222 g/mol. The van der Waals surface area contributed by atoms with E-state index >= 15 is 0 Å². The van der Waals surface area contributed by atoms with Crippen LogP contribution >= 0.6 is 12.2 Å². The summed E-state index contributed by atoms with van der Waals surface area (Å²) < 4.78 is 5.54. The Morgan fingerprint density at radius 3 is 3.20 bits per heavy atom. The zero-order chi connectivity index (χ0) is 10.7. The smallest absolute Gasteiger partial charge is 0.215 e. The van der Waals surface area contributed by atoms with E-state index in [1.54, 1.807) is 6.26 Å². The number of anilines is 1. The van der Waals surface area contributed by atoms with Gasteiger partial charge in [0.1, 0.15) is 5.76 Å². The summed E-state index contributed by atoms with van der Waals surface area (Å²) in [6.07, 6.45) is 1.63. The van der Waals surface area contributed by atoms with Crippen molar-refractivity contribution in [2.45, 2.75) is 13.5 Å². The highest BCUT2D eigenvalue weighted by Crippen LogP contribution is 2.08. The van der Waals surface area contributed by atoms with Crippen LogP contribution in [0.3, 0.4) is 0 Å². The van der Waals surface area contributed by atoms with Crippen molar-refractivity contribution in [1.82, 2.24) is 15.2 Å². The van der Waals surface area contributed by atoms with Gasteiger partial charge in [-0.25, -0.2) is 0 Å². The van der Waals surface area contributed by atoms with Gasteiger partial charge in [-0.1, -0.05) is 0 Å². The molecule has 2 aromatic rings. The number of nitrogens with zero attached hydrogens (tertiary/aromatic N) is 2. The van der Waals surface area contributed by atoms with Crippen LogP contribution < -0.4 is 5.32 Å². The normalized spacial score (nSPS) is 10.2. The highest BCUT2D eigenvalue weighted by molar-refractivity contribution is 7.71. The van der Waals surface area contributed by atoms with Crippen LogP contribution in [0, 0.1) is 11.7 Å². The number of aromatic nitrogens is 3. The molecule has 2 N–H and O–H groups in total. The summed E-state index contributed by atoms with van der Waals surface area (Å²) in [5.41, 5.74) is 0.773. The fourth-order valence-corrected chi connectivity index (χ4v) is 1.28.